The average Bonchev–Trinajstić information content (AvgIpc) is 2.31. The molecule has 0 radical (unpaired) electrons. The van der Waals surface area contributed by atoms with Crippen molar-refractivity contribution in [3.63, 3.8) is 0 Å². The highest BCUT2D eigenvalue weighted by Crippen LogP contribution is 2.05. The first-order valence-electron chi connectivity index (χ1n) is 3.80. The third-order valence-corrected chi connectivity index (χ3v) is 1.45. The van der Waals surface area contributed by atoms with E-state index in [0.29, 0.717) is 6.54 Å². The number of hydrogen-bond acceptors (Lipinski definition) is 2. The lowest BCUT2D eigenvalue weighted by Crippen LogP contribution is -2.21. The van der Waals surface area contributed by atoms with Crippen LogP contribution in [0.4, 0.5) is 0 Å². The molecule has 1 heterocycles. The van der Waals surface area contributed by atoms with Gasteiger partial charge in [0, 0.05) is 11.9 Å². The van der Waals surface area contributed by atoms with E-state index in [2.05, 4.69) is 10.1 Å². The van der Waals surface area contributed by atoms with Crippen LogP contribution in [0, 0.1) is 10.1 Å². The van der Waals surface area contributed by atoms with Gasteiger partial charge >= 0.3 is 5.96 Å². The third-order valence-electron chi connectivity index (χ3n) is 1.45. The largest absolute Gasteiger partial charge is 0.307 e. The van der Waals surface area contributed by atoms with Crippen LogP contribution in [-0.4, -0.2) is 28.1 Å². The van der Waals surface area contributed by atoms with E-state index in [4.69, 9.17) is 0 Å². The van der Waals surface area contributed by atoms with Crippen molar-refractivity contribution in [2.45, 2.75) is 13.8 Å². The van der Waals surface area contributed by atoms with Gasteiger partial charge in [0.05, 0.1) is 6.54 Å². The first-order chi connectivity index (χ1) is 6.13. The molecule has 0 aliphatic carbocycles. The SMILES string of the molecule is CC=CN1CC(C)=NC1=N[N+](=O)[O-]. The van der Waals surface area contributed by atoms with Gasteiger partial charge in [-0.25, -0.2) is 15.1 Å². The van der Waals surface area contributed by atoms with E-state index in [9.17, 15) is 10.1 Å². The highest BCUT2D eigenvalue weighted by molar-refractivity contribution is 6.03. The Hall–Kier alpha value is -1.72. The molecule has 0 atom stereocenters. The number of guanidine groups is 1. The minimum atomic E-state index is -0.742. The highest BCUT2D eigenvalue weighted by atomic mass is 16.7. The molecule has 0 saturated carbocycles. The van der Waals surface area contributed by atoms with Crippen LogP contribution in [0.15, 0.2) is 22.4 Å². The molecule has 0 fully saturated rings. The zero-order chi connectivity index (χ0) is 9.84. The molecule has 0 saturated heterocycles. The first kappa shape index (κ1) is 9.37. The number of aliphatic imine (C=N–C) groups is 1. The van der Waals surface area contributed by atoms with Crippen molar-refractivity contribution in [1.82, 2.24) is 4.90 Å². The van der Waals surface area contributed by atoms with Gasteiger partial charge in [-0.1, -0.05) is 6.08 Å². The summed E-state index contributed by atoms with van der Waals surface area (Å²) < 4.78 is 0. The van der Waals surface area contributed by atoms with Gasteiger partial charge in [-0.15, -0.1) is 0 Å². The second-order valence-electron chi connectivity index (χ2n) is 2.60. The van der Waals surface area contributed by atoms with Crippen LogP contribution < -0.4 is 0 Å². The van der Waals surface area contributed by atoms with E-state index in [-0.39, 0.29) is 5.96 Å². The fourth-order valence-electron chi connectivity index (χ4n) is 1.04. The lowest BCUT2D eigenvalue weighted by Gasteiger charge is -2.07. The monoisotopic (exact) mass is 182 g/mol. The smallest absolute Gasteiger partial charge is 0.301 e. The van der Waals surface area contributed by atoms with Crippen molar-refractivity contribution in [1.29, 1.82) is 0 Å². The van der Waals surface area contributed by atoms with E-state index < -0.39 is 5.03 Å². The summed E-state index contributed by atoms with van der Waals surface area (Å²) in [5.74, 6) is 0.139. The summed E-state index contributed by atoms with van der Waals surface area (Å²) in [7, 11) is 0. The Morgan fingerprint density at radius 3 is 3.00 bits per heavy atom. The molecule has 6 heteroatoms. The second kappa shape index (κ2) is 3.79. The van der Waals surface area contributed by atoms with E-state index in [1.54, 1.807) is 24.1 Å². The minimum Gasteiger partial charge on any atom is -0.307 e. The lowest BCUT2D eigenvalue weighted by atomic mass is 10.4. The van der Waals surface area contributed by atoms with Crippen LogP contribution in [0.3, 0.4) is 0 Å². The maximum absolute atomic E-state index is 10.1. The molecule has 1 rings (SSSR count). The van der Waals surface area contributed by atoms with Gasteiger partial charge in [-0.2, -0.15) is 0 Å². The summed E-state index contributed by atoms with van der Waals surface area (Å²) in [4.78, 5) is 15.7. The molecule has 0 spiro atoms. The predicted molar refractivity (Wildman–Crippen MR) is 49.1 cm³/mol. The van der Waals surface area contributed by atoms with Crippen molar-refractivity contribution in [3.05, 3.63) is 22.4 Å². The predicted octanol–water partition coefficient (Wildman–Crippen LogP) is 0.844. The van der Waals surface area contributed by atoms with Gasteiger partial charge in [0.1, 0.15) is 5.10 Å². The second-order valence-corrected chi connectivity index (χ2v) is 2.60. The van der Waals surface area contributed by atoms with Gasteiger partial charge < -0.3 is 4.90 Å². The van der Waals surface area contributed by atoms with Crippen LogP contribution in [0.25, 0.3) is 0 Å². The van der Waals surface area contributed by atoms with Crippen LogP contribution in [0.1, 0.15) is 13.8 Å². The Kier molecular flexibility index (Phi) is 2.73. The molecule has 0 bridgehead atoms. The van der Waals surface area contributed by atoms with Crippen molar-refractivity contribution in [3.8, 4) is 0 Å². The number of hydrazone groups is 1. The van der Waals surface area contributed by atoms with Gasteiger partial charge in [-0.05, 0) is 13.8 Å². The summed E-state index contributed by atoms with van der Waals surface area (Å²) in [6.07, 6.45) is 3.49. The topological polar surface area (TPSA) is 71.1 Å². The van der Waals surface area contributed by atoms with Crippen LogP contribution in [-0.2, 0) is 0 Å². The van der Waals surface area contributed by atoms with E-state index >= 15 is 0 Å². The third kappa shape index (κ3) is 2.36. The molecule has 0 amide bonds. The Bertz CT molecular complexity index is 306. The summed E-state index contributed by atoms with van der Waals surface area (Å²) in [5.41, 5.74) is 0.818. The van der Waals surface area contributed by atoms with Crippen molar-refractivity contribution >= 4 is 11.7 Å². The van der Waals surface area contributed by atoms with Crippen LogP contribution in [0.2, 0.25) is 0 Å². The Morgan fingerprint density at radius 1 is 1.77 bits per heavy atom. The zero-order valence-electron chi connectivity index (χ0n) is 7.47. The maximum atomic E-state index is 10.1. The van der Waals surface area contributed by atoms with E-state index in [0.717, 1.165) is 5.71 Å². The van der Waals surface area contributed by atoms with Gasteiger partial charge in [0.2, 0.25) is 0 Å². The van der Waals surface area contributed by atoms with Crippen molar-refractivity contribution < 1.29 is 5.03 Å². The first-order valence-corrected chi connectivity index (χ1v) is 3.80. The zero-order valence-corrected chi connectivity index (χ0v) is 7.47. The quantitative estimate of drug-likeness (QED) is 0.469. The van der Waals surface area contributed by atoms with Crippen molar-refractivity contribution in [2.75, 3.05) is 6.54 Å². The molecule has 0 aromatic rings. The molecular formula is C7H10N4O2. The number of nitro groups is 1. The minimum absolute atomic E-state index is 0.139. The van der Waals surface area contributed by atoms with E-state index in [1.807, 2.05) is 6.92 Å². The molecule has 1 aliphatic heterocycles. The molecule has 0 unspecified atom stereocenters. The molecule has 70 valence electrons. The molecule has 1 aliphatic rings. The molecule has 6 nitrogen and oxygen atoms in total. The summed E-state index contributed by atoms with van der Waals surface area (Å²) in [6, 6.07) is 0. The summed E-state index contributed by atoms with van der Waals surface area (Å²) in [6.45, 7) is 4.20. The number of hydrogen-bond donors (Lipinski definition) is 0. The van der Waals surface area contributed by atoms with E-state index in [1.165, 1.54) is 0 Å². The highest BCUT2D eigenvalue weighted by Gasteiger charge is 2.19. The normalized spacial score (nSPS) is 20.0. The van der Waals surface area contributed by atoms with Gasteiger partial charge in [-0.3, -0.25) is 0 Å². The Morgan fingerprint density at radius 2 is 2.46 bits per heavy atom. The van der Waals surface area contributed by atoms with Crippen LogP contribution >= 0.6 is 0 Å². The number of rotatable bonds is 2. The summed E-state index contributed by atoms with van der Waals surface area (Å²) in [5, 5.41) is 12.5. The van der Waals surface area contributed by atoms with Crippen LogP contribution in [0.5, 0.6) is 0 Å². The fraction of sp³-hybridized carbons (Fsp3) is 0.429. The van der Waals surface area contributed by atoms with Gasteiger partial charge in [0.25, 0.3) is 0 Å². The molecular weight excluding hydrogens is 172 g/mol. The maximum Gasteiger partial charge on any atom is 0.301 e. The summed E-state index contributed by atoms with van der Waals surface area (Å²) >= 11 is 0. The molecule has 0 N–H and O–H groups in total. The standard InChI is InChI=1S/C7H10N4O2/c1-3-4-10-5-6(2)8-7(10)9-11(12)13/h3-4H,5H2,1-2H3. The average molecular weight is 182 g/mol. The Balaban J connectivity index is 2.86. The Labute approximate surface area is 75.4 Å². The molecule has 0 aromatic heterocycles. The van der Waals surface area contributed by atoms with Gasteiger partial charge in [0.15, 0.2) is 5.03 Å². The lowest BCUT2D eigenvalue weighted by molar-refractivity contribution is -0.485. The van der Waals surface area contributed by atoms with Crippen molar-refractivity contribution in [2.24, 2.45) is 10.1 Å². The fourth-order valence-corrected chi connectivity index (χ4v) is 1.04. The molecule has 0 aromatic carbocycles. The number of nitrogens with zero attached hydrogens (tertiary/aromatic N) is 4. The molecule has 13 heavy (non-hydrogen) atoms. The number of allylic oxidation sites excluding steroid dienone is 1.